The molecule has 8 heteroatoms. The van der Waals surface area contributed by atoms with E-state index >= 15 is 0 Å². The molecule has 0 aliphatic rings. The topological polar surface area (TPSA) is 112 Å². The number of nitrogens with two attached hydrogens (primary N) is 1. The number of azide groups is 1. The van der Waals surface area contributed by atoms with Gasteiger partial charge in [-0.2, -0.15) is 0 Å². The molecule has 0 spiro atoms. The minimum absolute atomic E-state index is 0.346. The molecule has 8 nitrogen and oxygen atoms in total. The fraction of sp³-hybridized carbons (Fsp3) is 1.00. The van der Waals surface area contributed by atoms with Gasteiger partial charge in [0.2, 0.25) is 0 Å². The van der Waals surface area contributed by atoms with Crippen molar-refractivity contribution in [2.45, 2.75) is 0 Å². The molecule has 0 aliphatic carbocycles. The van der Waals surface area contributed by atoms with Gasteiger partial charge in [-0.15, -0.1) is 0 Å². The second-order valence-electron chi connectivity index (χ2n) is 2.66. The maximum Gasteiger partial charge on any atom is 0.0913 e. The quantitative estimate of drug-likeness (QED) is 0.171. The molecular weight excluding hydrogens is 216 g/mol. The molecule has 16 heavy (non-hydrogen) atoms. The Labute approximate surface area is 94.2 Å². The van der Waals surface area contributed by atoms with Gasteiger partial charge in [0.05, 0.1) is 46.2 Å². The second-order valence-corrected chi connectivity index (χ2v) is 2.66. The molecule has 0 saturated carbocycles. The van der Waals surface area contributed by atoms with Crippen molar-refractivity contribution in [2.75, 3.05) is 52.8 Å². The molecule has 0 aromatic rings. The number of hydrogen-bond acceptors (Lipinski definition) is 6. The molecule has 0 rings (SSSR count). The number of rotatable bonds is 12. The SMILES string of the molecule is [N-]=[N+]=NCCOCCOCCOCCON. The van der Waals surface area contributed by atoms with Crippen LogP contribution in [0.4, 0.5) is 0 Å². The summed E-state index contributed by atoms with van der Waals surface area (Å²) in [5.74, 6) is 4.80. The highest BCUT2D eigenvalue weighted by Crippen LogP contribution is 1.82. The Bertz CT molecular complexity index is 187. The van der Waals surface area contributed by atoms with Crippen LogP contribution in [0.5, 0.6) is 0 Å². The zero-order chi connectivity index (χ0) is 11.9. The van der Waals surface area contributed by atoms with Crippen LogP contribution in [-0.4, -0.2) is 52.8 Å². The van der Waals surface area contributed by atoms with Crippen LogP contribution in [0, 0.1) is 0 Å². The number of nitrogens with zero attached hydrogens (tertiary/aromatic N) is 3. The van der Waals surface area contributed by atoms with Gasteiger partial charge in [-0.1, -0.05) is 5.11 Å². The lowest BCUT2D eigenvalue weighted by Crippen LogP contribution is -2.13. The van der Waals surface area contributed by atoms with Gasteiger partial charge in [0.25, 0.3) is 0 Å². The standard InChI is InChI=1S/C8H18N4O4/c9-12-11-1-2-13-3-4-14-5-6-15-7-8-16-10/h1-8,10H2. The van der Waals surface area contributed by atoms with Crippen LogP contribution in [0.1, 0.15) is 0 Å². The summed E-state index contributed by atoms with van der Waals surface area (Å²) in [7, 11) is 0. The first-order chi connectivity index (χ1) is 7.91. The van der Waals surface area contributed by atoms with Crippen molar-refractivity contribution in [1.29, 1.82) is 0 Å². The molecule has 0 aliphatic heterocycles. The van der Waals surface area contributed by atoms with Crippen molar-refractivity contribution in [2.24, 2.45) is 11.0 Å². The average Bonchev–Trinajstić information content (AvgIpc) is 2.31. The van der Waals surface area contributed by atoms with E-state index in [9.17, 15) is 0 Å². The Morgan fingerprint density at radius 2 is 1.38 bits per heavy atom. The maximum absolute atomic E-state index is 7.98. The Kier molecular flexibility index (Phi) is 13.3. The summed E-state index contributed by atoms with van der Waals surface area (Å²) in [5.41, 5.74) is 7.98. The van der Waals surface area contributed by atoms with Crippen molar-refractivity contribution >= 4 is 0 Å². The van der Waals surface area contributed by atoms with Crippen LogP contribution in [0.15, 0.2) is 5.11 Å². The zero-order valence-electron chi connectivity index (χ0n) is 9.21. The summed E-state index contributed by atoms with van der Waals surface area (Å²) in [6.07, 6.45) is 0. The second kappa shape index (κ2) is 14.1. The van der Waals surface area contributed by atoms with Crippen LogP contribution < -0.4 is 5.90 Å². The minimum Gasteiger partial charge on any atom is -0.379 e. The highest BCUT2D eigenvalue weighted by atomic mass is 16.6. The van der Waals surface area contributed by atoms with E-state index in [0.717, 1.165) is 0 Å². The Hall–Kier alpha value is -0.890. The molecule has 0 amide bonds. The van der Waals surface area contributed by atoms with E-state index in [-0.39, 0.29) is 0 Å². The molecule has 94 valence electrons. The van der Waals surface area contributed by atoms with E-state index in [0.29, 0.717) is 52.8 Å². The summed E-state index contributed by atoms with van der Waals surface area (Å²) < 4.78 is 15.4. The Morgan fingerprint density at radius 3 is 1.88 bits per heavy atom. The third-order valence-electron chi connectivity index (χ3n) is 1.49. The van der Waals surface area contributed by atoms with Gasteiger partial charge >= 0.3 is 0 Å². The van der Waals surface area contributed by atoms with Gasteiger partial charge in [-0.25, -0.2) is 5.90 Å². The fourth-order valence-electron chi connectivity index (χ4n) is 0.799. The third-order valence-corrected chi connectivity index (χ3v) is 1.49. The largest absolute Gasteiger partial charge is 0.379 e. The van der Waals surface area contributed by atoms with Gasteiger partial charge in [0.15, 0.2) is 0 Å². The van der Waals surface area contributed by atoms with E-state index in [1.165, 1.54) is 0 Å². The Balaban J connectivity index is 2.90. The van der Waals surface area contributed by atoms with Gasteiger partial charge in [-0.3, -0.25) is 0 Å². The summed E-state index contributed by atoms with van der Waals surface area (Å²) in [5, 5.41) is 3.32. The molecule has 0 radical (unpaired) electrons. The number of ether oxygens (including phenoxy) is 3. The molecule has 0 saturated heterocycles. The lowest BCUT2D eigenvalue weighted by molar-refractivity contribution is -0.00121. The third kappa shape index (κ3) is 13.1. The van der Waals surface area contributed by atoms with Gasteiger partial charge < -0.3 is 19.0 Å². The molecule has 0 atom stereocenters. The predicted molar refractivity (Wildman–Crippen MR) is 56.6 cm³/mol. The van der Waals surface area contributed by atoms with E-state index < -0.39 is 0 Å². The summed E-state index contributed by atoms with van der Waals surface area (Å²) in [4.78, 5) is 6.91. The first-order valence-electron chi connectivity index (χ1n) is 4.97. The van der Waals surface area contributed by atoms with Crippen LogP contribution in [0.2, 0.25) is 0 Å². The molecule has 0 aromatic carbocycles. The lowest BCUT2D eigenvalue weighted by atomic mass is 10.7. The van der Waals surface area contributed by atoms with Crippen LogP contribution in [0.25, 0.3) is 10.4 Å². The molecule has 2 N–H and O–H groups in total. The smallest absolute Gasteiger partial charge is 0.0913 e. The minimum atomic E-state index is 0.346. The average molecular weight is 234 g/mol. The summed E-state index contributed by atoms with van der Waals surface area (Å²) in [6, 6.07) is 0. The molecule has 0 heterocycles. The fourth-order valence-corrected chi connectivity index (χ4v) is 0.799. The highest BCUT2D eigenvalue weighted by molar-refractivity contribution is 4.44. The van der Waals surface area contributed by atoms with Crippen LogP contribution in [0.3, 0.4) is 0 Å². The van der Waals surface area contributed by atoms with E-state index in [1.54, 1.807) is 0 Å². The molecule has 0 fully saturated rings. The molecule has 0 unspecified atom stereocenters. The van der Waals surface area contributed by atoms with Crippen molar-refractivity contribution in [3.8, 4) is 0 Å². The molecule has 0 aromatic heterocycles. The van der Waals surface area contributed by atoms with Crippen molar-refractivity contribution in [3.63, 3.8) is 0 Å². The molecular formula is C8H18N4O4. The normalized spacial score (nSPS) is 10.1. The first-order valence-corrected chi connectivity index (χ1v) is 4.97. The zero-order valence-corrected chi connectivity index (χ0v) is 9.21. The predicted octanol–water partition coefficient (Wildman–Crippen LogP) is 0.237. The lowest BCUT2D eigenvalue weighted by Gasteiger charge is -2.05. The molecule has 0 bridgehead atoms. The highest BCUT2D eigenvalue weighted by Gasteiger charge is 1.91. The van der Waals surface area contributed by atoms with Gasteiger partial charge in [0, 0.05) is 11.5 Å². The maximum atomic E-state index is 7.98. The van der Waals surface area contributed by atoms with E-state index in [2.05, 4.69) is 14.9 Å². The van der Waals surface area contributed by atoms with Crippen molar-refractivity contribution in [3.05, 3.63) is 10.4 Å². The van der Waals surface area contributed by atoms with Crippen molar-refractivity contribution < 1.29 is 19.0 Å². The van der Waals surface area contributed by atoms with E-state index in [1.807, 2.05) is 0 Å². The van der Waals surface area contributed by atoms with Crippen LogP contribution >= 0.6 is 0 Å². The van der Waals surface area contributed by atoms with E-state index in [4.69, 9.17) is 25.6 Å². The van der Waals surface area contributed by atoms with Gasteiger partial charge in [-0.05, 0) is 5.53 Å². The first kappa shape index (κ1) is 15.1. The monoisotopic (exact) mass is 234 g/mol. The van der Waals surface area contributed by atoms with Gasteiger partial charge in [0.1, 0.15) is 0 Å². The Morgan fingerprint density at radius 1 is 0.875 bits per heavy atom. The van der Waals surface area contributed by atoms with Crippen molar-refractivity contribution in [1.82, 2.24) is 0 Å². The summed E-state index contributed by atoms with van der Waals surface area (Å²) in [6.45, 7) is 3.58. The summed E-state index contributed by atoms with van der Waals surface area (Å²) >= 11 is 0. The number of hydrogen-bond donors (Lipinski definition) is 1. The van der Waals surface area contributed by atoms with Crippen LogP contribution in [-0.2, 0) is 19.0 Å².